The Balaban J connectivity index is 1.62. The van der Waals surface area contributed by atoms with Gasteiger partial charge in [-0.1, -0.05) is 36.4 Å². The summed E-state index contributed by atoms with van der Waals surface area (Å²) in [6.07, 6.45) is 0. The van der Waals surface area contributed by atoms with Crippen LogP contribution >= 0.6 is 22.6 Å². The van der Waals surface area contributed by atoms with Gasteiger partial charge >= 0.3 is 5.97 Å². The van der Waals surface area contributed by atoms with E-state index in [0.29, 0.717) is 16.9 Å². The van der Waals surface area contributed by atoms with E-state index < -0.39 is 18.5 Å². The van der Waals surface area contributed by atoms with Gasteiger partial charge in [0.05, 0.1) is 11.3 Å². The number of ether oxygens (including phenoxy) is 1. The largest absolute Gasteiger partial charge is 0.452 e. The number of carbonyl (C=O) groups excluding carboxylic acids is 3. The van der Waals surface area contributed by atoms with Crippen molar-refractivity contribution >= 4 is 51.7 Å². The second-order valence-electron chi connectivity index (χ2n) is 6.00. The van der Waals surface area contributed by atoms with Gasteiger partial charge in [0.15, 0.2) is 6.61 Å². The van der Waals surface area contributed by atoms with Crippen molar-refractivity contribution in [3.8, 4) is 0 Å². The molecule has 29 heavy (non-hydrogen) atoms. The van der Waals surface area contributed by atoms with Gasteiger partial charge < -0.3 is 15.4 Å². The Morgan fingerprint density at radius 2 is 1.55 bits per heavy atom. The average molecular weight is 500 g/mol. The van der Waals surface area contributed by atoms with Crippen LogP contribution in [0.15, 0.2) is 78.9 Å². The fourth-order valence-corrected chi connectivity index (χ4v) is 3.07. The van der Waals surface area contributed by atoms with Gasteiger partial charge in [0, 0.05) is 14.8 Å². The number of benzene rings is 3. The summed E-state index contributed by atoms with van der Waals surface area (Å²) < 4.78 is 6.09. The predicted molar refractivity (Wildman–Crippen MR) is 119 cm³/mol. The van der Waals surface area contributed by atoms with Crippen LogP contribution in [0.4, 0.5) is 11.4 Å². The zero-order valence-corrected chi connectivity index (χ0v) is 17.4. The Kier molecular flexibility index (Phi) is 6.96. The Bertz CT molecular complexity index is 1040. The van der Waals surface area contributed by atoms with Crippen molar-refractivity contribution in [3.63, 3.8) is 0 Å². The summed E-state index contributed by atoms with van der Waals surface area (Å²) in [5.41, 5.74) is 1.56. The van der Waals surface area contributed by atoms with Gasteiger partial charge in [-0.15, -0.1) is 0 Å². The minimum atomic E-state index is -0.702. The molecule has 0 saturated carbocycles. The third-order valence-corrected chi connectivity index (χ3v) is 4.54. The molecule has 0 saturated heterocycles. The summed E-state index contributed by atoms with van der Waals surface area (Å²) in [6, 6.07) is 22.4. The minimum absolute atomic E-state index is 0.166. The van der Waals surface area contributed by atoms with Crippen LogP contribution in [0.25, 0.3) is 0 Å². The molecular formula is C22H17IN2O4. The summed E-state index contributed by atoms with van der Waals surface area (Å²) >= 11 is 2.14. The van der Waals surface area contributed by atoms with Gasteiger partial charge in [-0.2, -0.15) is 0 Å². The number of halogens is 1. The van der Waals surface area contributed by atoms with Gasteiger partial charge in [0.1, 0.15) is 0 Å². The molecule has 0 atom stereocenters. The Hall–Kier alpha value is -3.20. The predicted octanol–water partition coefficient (Wildman–Crippen LogP) is 4.34. The molecule has 0 unspecified atom stereocenters. The maximum absolute atomic E-state index is 12.4. The van der Waals surface area contributed by atoms with Crippen LogP contribution in [0.3, 0.4) is 0 Å². The summed E-state index contributed by atoms with van der Waals surface area (Å²) in [4.78, 5) is 36.8. The van der Waals surface area contributed by atoms with Crippen LogP contribution in [0, 0.1) is 3.57 Å². The van der Waals surface area contributed by atoms with Crippen molar-refractivity contribution < 1.29 is 19.1 Å². The van der Waals surface area contributed by atoms with E-state index in [1.165, 1.54) is 6.07 Å². The molecule has 146 valence electrons. The Labute approximate surface area is 181 Å². The van der Waals surface area contributed by atoms with E-state index in [2.05, 4.69) is 33.2 Å². The lowest BCUT2D eigenvalue weighted by Gasteiger charge is -2.11. The molecular weight excluding hydrogens is 483 g/mol. The second-order valence-corrected chi connectivity index (χ2v) is 7.25. The highest BCUT2D eigenvalue weighted by Gasteiger charge is 2.16. The van der Waals surface area contributed by atoms with Crippen molar-refractivity contribution in [2.45, 2.75) is 0 Å². The number of carbonyl (C=O) groups is 3. The van der Waals surface area contributed by atoms with Gasteiger partial charge in [-0.25, -0.2) is 4.79 Å². The zero-order valence-electron chi connectivity index (χ0n) is 15.2. The molecule has 0 bridgehead atoms. The molecule has 0 radical (unpaired) electrons. The number of para-hydroxylation sites is 1. The summed E-state index contributed by atoms with van der Waals surface area (Å²) in [5, 5.41) is 5.37. The third kappa shape index (κ3) is 5.89. The van der Waals surface area contributed by atoms with E-state index in [0.717, 1.165) is 3.57 Å². The number of hydrogen-bond acceptors (Lipinski definition) is 4. The third-order valence-electron chi connectivity index (χ3n) is 3.87. The number of rotatable bonds is 6. The Morgan fingerprint density at radius 1 is 0.828 bits per heavy atom. The van der Waals surface area contributed by atoms with Crippen molar-refractivity contribution in [3.05, 3.63) is 93.6 Å². The van der Waals surface area contributed by atoms with Crippen LogP contribution in [0.1, 0.15) is 20.7 Å². The van der Waals surface area contributed by atoms with Gasteiger partial charge in [0.25, 0.3) is 11.8 Å². The van der Waals surface area contributed by atoms with Crippen molar-refractivity contribution in [1.29, 1.82) is 0 Å². The maximum atomic E-state index is 12.4. The minimum Gasteiger partial charge on any atom is -0.452 e. The van der Waals surface area contributed by atoms with Crippen molar-refractivity contribution in [1.82, 2.24) is 0 Å². The van der Waals surface area contributed by atoms with Crippen molar-refractivity contribution in [2.75, 3.05) is 17.2 Å². The van der Waals surface area contributed by atoms with E-state index >= 15 is 0 Å². The van der Waals surface area contributed by atoms with Gasteiger partial charge in [0.2, 0.25) is 0 Å². The van der Waals surface area contributed by atoms with Crippen LogP contribution in [-0.4, -0.2) is 24.4 Å². The van der Waals surface area contributed by atoms with E-state index in [4.69, 9.17) is 4.74 Å². The molecule has 3 aromatic rings. The summed E-state index contributed by atoms with van der Waals surface area (Å²) in [6.45, 7) is -0.439. The van der Waals surface area contributed by atoms with Gasteiger partial charge in [-0.05, 0) is 65.1 Å². The number of anilines is 2. The molecule has 3 aromatic carbocycles. The zero-order chi connectivity index (χ0) is 20.6. The molecule has 0 aliphatic rings. The summed E-state index contributed by atoms with van der Waals surface area (Å²) in [7, 11) is 0. The number of nitrogens with one attached hydrogen (secondary N) is 2. The molecule has 0 aliphatic carbocycles. The molecule has 3 rings (SSSR count). The first kappa shape index (κ1) is 20.5. The van der Waals surface area contributed by atoms with Crippen LogP contribution < -0.4 is 10.6 Å². The van der Waals surface area contributed by atoms with Crippen molar-refractivity contribution in [2.24, 2.45) is 0 Å². The molecule has 0 aromatic heterocycles. The highest BCUT2D eigenvalue weighted by atomic mass is 127. The molecule has 0 spiro atoms. The van der Waals surface area contributed by atoms with E-state index in [-0.39, 0.29) is 11.5 Å². The standard InChI is InChI=1S/C22H17IN2O4/c23-16-9-6-10-17(13-16)24-20(26)14-29-22(28)18-11-4-5-12-19(18)25-21(27)15-7-2-1-3-8-15/h1-13H,14H2,(H,24,26)(H,25,27). The first-order valence-electron chi connectivity index (χ1n) is 8.71. The van der Waals surface area contributed by atoms with Crippen LogP contribution in [-0.2, 0) is 9.53 Å². The molecule has 0 heterocycles. The molecule has 6 nitrogen and oxygen atoms in total. The fourth-order valence-electron chi connectivity index (χ4n) is 2.53. The lowest BCUT2D eigenvalue weighted by atomic mass is 10.1. The van der Waals surface area contributed by atoms with E-state index in [1.807, 2.05) is 18.2 Å². The average Bonchev–Trinajstić information content (AvgIpc) is 2.73. The molecule has 7 heteroatoms. The molecule has 0 fully saturated rings. The molecule has 0 aliphatic heterocycles. The maximum Gasteiger partial charge on any atom is 0.340 e. The normalized spacial score (nSPS) is 10.1. The lowest BCUT2D eigenvalue weighted by Crippen LogP contribution is -2.22. The highest BCUT2D eigenvalue weighted by molar-refractivity contribution is 14.1. The first-order valence-corrected chi connectivity index (χ1v) is 9.79. The smallest absolute Gasteiger partial charge is 0.340 e. The fraction of sp³-hybridized carbons (Fsp3) is 0.0455. The quantitative estimate of drug-likeness (QED) is 0.390. The monoisotopic (exact) mass is 500 g/mol. The molecule has 2 N–H and O–H groups in total. The Morgan fingerprint density at radius 3 is 2.31 bits per heavy atom. The number of hydrogen-bond donors (Lipinski definition) is 2. The highest BCUT2D eigenvalue weighted by Crippen LogP contribution is 2.18. The molecule has 2 amide bonds. The first-order chi connectivity index (χ1) is 14.0. The summed E-state index contributed by atoms with van der Waals surface area (Å²) in [5.74, 6) is -1.50. The second kappa shape index (κ2) is 9.83. The van der Waals surface area contributed by atoms with Gasteiger partial charge in [-0.3, -0.25) is 9.59 Å². The van der Waals surface area contributed by atoms with Crippen LogP contribution in [0.2, 0.25) is 0 Å². The lowest BCUT2D eigenvalue weighted by molar-refractivity contribution is -0.119. The number of esters is 1. The van der Waals surface area contributed by atoms with E-state index in [9.17, 15) is 14.4 Å². The number of amides is 2. The SMILES string of the molecule is O=C(COC(=O)c1ccccc1NC(=O)c1ccccc1)Nc1cccc(I)c1. The van der Waals surface area contributed by atoms with Crippen LogP contribution in [0.5, 0.6) is 0 Å². The van der Waals surface area contributed by atoms with E-state index in [1.54, 1.807) is 54.6 Å². The topological polar surface area (TPSA) is 84.5 Å².